The summed E-state index contributed by atoms with van der Waals surface area (Å²) in [7, 11) is 0. The summed E-state index contributed by atoms with van der Waals surface area (Å²) in [5.74, 6) is -0.0645. The molecule has 0 amide bonds. The Morgan fingerprint density at radius 1 is 1.26 bits per heavy atom. The van der Waals surface area contributed by atoms with E-state index in [9.17, 15) is 4.79 Å². The molecule has 0 spiro atoms. The maximum Gasteiger partial charge on any atom is 0.303 e. The van der Waals surface area contributed by atoms with Crippen LogP contribution < -0.4 is 0 Å². The molecular weight excluding hydrogens is 353 g/mol. The minimum atomic E-state index is -0.665. The highest BCUT2D eigenvalue weighted by molar-refractivity contribution is 14.1. The first-order valence-electron chi connectivity index (χ1n) is 6.82. The topological polar surface area (TPSA) is 40.5 Å². The van der Waals surface area contributed by atoms with Gasteiger partial charge in [-0.25, -0.2) is 0 Å². The minimum Gasteiger partial charge on any atom is -0.481 e. The number of carbonyl (C=O) groups is 1. The Balaban J connectivity index is 1.74. The number of carboxylic acids is 1. The van der Waals surface area contributed by atoms with Crippen LogP contribution in [0.4, 0.5) is 0 Å². The van der Waals surface area contributed by atoms with E-state index in [1.54, 1.807) is 0 Å². The van der Waals surface area contributed by atoms with Crippen LogP contribution in [-0.2, 0) is 11.3 Å². The van der Waals surface area contributed by atoms with Crippen LogP contribution in [0.3, 0.4) is 0 Å². The monoisotopic (exact) mass is 373 g/mol. The van der Waals surface area contributed by atoms with E-state index in [0.717, 1.165) is 38.9 Å². The normalized spacial score (nSPS) is 17.5. The number of likely N-dealkylation sites (tertiary alicyclic amines) is 1. The van der Waals surface area contributed by atoms with Gasteiger partial charge in [0.25, 0.3) is 0 Å². The number of halogens is 1. The predicted octanol–water partition coefficient (Wildman–Crippen LogP) is 3.37. The van der Waals surface area contributed by atoms with Crippen molar-refractivity contribution < 1.29 is 9.90 Å². The Morgan fingerprint density at radius 2 is 1.89 bits per heavy atom. The van der Waals surface area contributed by atoms with Gasteiger partial charge in [0.15, 0.2) is 0 Å². The van der Waals surface area contributed by atoms with Crippen LogP contribution in [0.5, 0.6) is 0 Å². The molecule has 3 nitrogen and oxygen atoms in total. The van der Waals surface area contributed by atoms with Gasteiger partial charge in [-0.2, -0.15) is 0 Å². The van der Waals surface area contributed by atoms with Crippen LogP contribution in [0.2, 0.25) is 0 Å². The summed E-state index contributed by atoms with van der Waals surface area (Å²) in [4.78, 5) is 13.0. The van der Waals surface area contributed by atoms with Crippen molar-refractivity contribution in [3.63, 3.8) is 0 Å². The number of aliphatic carboxylic acids is 1. The lowest BCUT2D eigenvalue weighted by molar-refractivity contribution is -0.137. The number of piperidine rings is 1. The second-order valence-electron chi connectivity index (χ2n) is 5.28. The van der Waals surface area contributed by atoms with E-state index in [-0.39, 0.29) is 0 Å². The van der Waals surface area contributed by atoms with Crippen molar-refractivity contribution in [1.29, 1.82) is 0 Å². The third-order valence-corrected chi connectivity index (χ3v) is 4.51. The van der Waals surface area contributed by atoms with E-state index in [1.165, 1.54) is 9.13 Å². The van der Waals surface area contributed by atoms with Crippen molar-refractivity contribution in [3.8, 4) is 0 Å². The van der Waals surface area contributed by atoms with Crippen molar-refractivity contribution >= 4 is 28.6 Å². The molecule has 1 fully saturated rings. The molecule has 1 heterocycles. The molecule has 0 radical (unpaired) electrons. The summed E-state index contributed by atoms with van der Waals surface area (Å²) in [5, 5.41) is 8.70. The Labute approximate surface area is 128 Å². The highest BCUT2D eigenvalue weighted by atomic mass is 127. The average molecular weight is 373 g/mol. The van der Waals surface area contributed by atoms with Gasteiger partial charge in [-0.15, -0.1) is 0 Å². The molecule has 1 aliphatic rings. The maximum absolute atomic E-state index is 10.6. The van der Waals surface area contributed by atoms with Crippen LogP contribution in [0, 0.1) is 9.49 Å². The summed E-state index contributed by atoms with van der Waals surface area (Å²) >= 11 is 2.32. The van der Waals surface area contributed by atoms with Gasteiger partial charge in [-0.05, 0) is 78.6 Å². The molecule has 4 heteroatoms. The second kappa shape index (κ2) is 7.24. The first-order valence-corrected chi connectivity index (χ1v) is 7.90. The maximum atomic E-state index is 10.6. The van der Waals surface area contributed by atoms with Gasteiger partial charge >= 0.3 is 5.97 Å². The summed E-state index contributed by atoms with van der Waals surface area (Å²) in [6, 6.07) is 8.68. The molecule has 0 atom stereocenters. The largest absolute Gasteiger partial charge is 0.481 e. The van der Waals surface area contributed by atoms with Crippen LogP contribution in [0.15, 0.2) is 24.3 Å². The highest BCUT2D eigenvalue weighted by Crippen LogP contribution is 2.23. The van der Waals surface area contributed by atoms with Crippen LogP contribution in [0.25, 0.3) is 0 Å². The zero-order valence-corrected chi connectivity index (χ0v) is 13.2. The fourth-order valence-corrected chi connectivity index (χ4v) is 2.97. The molecule has 104 valence electrons. The molecule has 1 aromatic rings. The molecule has 1 aromatic carbocycles. The summed E-state index contributed by atoms with van der Waals surface area (Å²) in [6.45, 7) is 3.20. The molecule has 1 aliphatic heterocycles. The average Bonchev–Trinajstić information content (AvgIpc) is 2.40. The predicted molar refractivity (Wildman–Crippen MR) is 84.0 cm³/mol. The van der Waals surface area contributed by atoms with E-state index >= 15 is 0 Å². The van der Waals surface area contributed by atoms with Crippen molar-refractivity contribution in [2.24, 2.45) is 5.92 Å². The molecule has 0 bridgehead atoms. The molecule has 0 unspecified atom stereocenters. The Bertz CT molecular complexity index is 411. The van der Waals surface area contributed by atoms with Gasteiger partial charge in [-0.3, -0.25) is 9.69 Å². The summed E-state index contributed by atoms with van der Waals surface area (Å²) in [6.07, 6.45) is 3.43. The molecule has 0 aliphatic carbocycles. The highest BCUT2D eigenvalue weighted by Gasteiger charge is 2.19. The minimum absolute atomic E-state index is 0.321. The summed E-state index contributed by atoms with van der Waals surface area (Å²) < 4.78 is 1.27. The number of nitrogens with zero attached hydrogens (tertiary/aromatic N) is 1. The zero-order valence-electron chi connectivity index (χ0n) is 11.0. The smallest absolute Gasteiger partial charge is 0.303 e. The summed E-state index contributed by atoms with van der Waals surface area (Å²) in [5.41, 5.74) is 1.37. The van der Waals surface area contributed by atoms with Gasteiger partial charge in [0, 0.05) is 16.5 Å². The second-order valence-corrected chi connectivity index (χ2v) is 6.52. The first-order chi connectivity index (χ1) is 9.13. The van der Waals surface area contributed by atoms with E-state index in [4.69, 9.17) is 5.11 Å². The molecule has 0 aromatic heterocycles. The van der Waals surface area contributed by atoms with E-state index in [1.807, 2.05) is 0 Å². The van der Waals surface area contributed by atoms with Gasteiger partial charge in [0.1, 0.15) is 0 Å². The standard InChI is InChI=1S/C15H20INO2/c16-14-4-1-13(2-5-14)11-17-9-7-12(8-10-17)3-6-15(18)19/h1-2,4-5,12H,3,6-11H2,(H,18,19). The number of rotatable bonds is 5. The van der Waals surface area contributed by atoms with Gasteiger partial charge in [0.05, 0.1) is 0 Å². The molecule has 0 saturated carbocycles. The number of carboxylic acid groups (broad SMARTS) is 1. The van der Waals surface area contributed by atoms with Crippen molar-refractivity contribution in [1.82, 2.24) is 4.90 Å². The molecule has 1 saturated heterocycles. The molecular formula is C15H20INO2. The number of benzene rings is 1. The van der Waals surface area contributed by atoms with E-state index in [2.05, 4.69) is 51.8 Å². The Hall–Kier alpha value is -0.620. The quantitative estimate of drug-likeness (QED) is 0.805. The van der Waals surface area contributed by atoms with Crippen LogP contribution in [0.1, 0.15) is 31.2 Å². The molecule has 19 heavy (non-hydrogen) atoms. The lowest BCUT2D eigenvalue weighted by atomic mass is 9.92. The van der Waals surface area contributed by atoms with E-state index in [0.29, 0.717) is 12.3 Å². The van der Waals surface area contributed by atoms with Crippen LogP contribution >= 0.6 is 22.6 Å². The Morgan fingerprint density at radius 3 is 2.47 bits per heavy atom. The van der Waals surface area contributed by atoms with Crippen molar-refractivity contribution in [2.45, 2.75) is 32.2 Å². The molecule has 2 rings (SSSR count). The third kappa shape index (κ3) is 5.10. The number of hydrogen-bond donors (Lipinski definition) is 1. The fraction of sp³-hybridized carbons (Fsp3) is 0.533. The van der Waals surface area contributed by atoms with Crippen LogP contribution in [-0.4, -0.2) is 29.1 Å². The van der Waals surface area contributed by atoms with Gasteiger partial charge in [0.2, 0.25) is 0 Å². The fourth-order valence-electron chi connectivity index (χ4n) is 2.61. The number of hydrogen-bond acceptors (Lipinski definition) is 2. The van der Waals surface area contributed by atoms with E-state index < -0.39 is 5.97 Å². The Kier molecular flexibility index (Phi) is 5.63. The van der Waals surface area contributed by atoms with Gasteiger partial charge in [-0.1, -0.05) is 12.1 Å². The lowest BCUT2D eigenvalue weighted by Crippen LogP contribution is -2.33. The SMILES string of the molecule is O=C(O)CCC1CCN(Cc2ccc(I)cc2)CC1. The lowest BCUT2D eigenvalue weighted by Gasteiger charge is -2.31. The third-order valence-electron chi connectivity index (χ3n) is 3.79. The van der Waals surface area contributed by atoms with Crippen molar-refractivity contribution in [2.75, 3.05) is 13.1 Å². The zero-order chi connectivity index (χ0) is 13.7. The van der Waals surface area contributed by atoms with Gasteiger partial charge < -0.3 is 5.11 Å². The van der Waals surface area contributed by atoms with Crippen molar-refractivity contribution in [3.05, 3.63) is 33.4 Å². The molecule has 1 N–H and O–H groups in total. The first kappa shape index (κ1) is 14.8.